The summed E-state index contributed by atoms with van der Waals surface area (Å²) in [4.78, 5) is 22.9. The van der Waals surface area contributed by atoms with Gasteiger partial charge in [-0.25, -0.2) is 9.59 Å². The van der Waals surface area contributed by atoms with Gasteiger partial charge in [-0.05, 0) is 37.5 Å². The number of hydrogen-bond donors (Lipinski definition) is 1. The van der Waals surface area contributed by atoms with Crippen molar-refractivity contribution in [2.24, 2.45) is 5.92 Å². The van der Waals surface area contributed by atoms with Gasteiger partial charge in [-0.2, -0.15) is 0 Å². The molecule has 110 valence electrons. The van der Waals surface area contributed by atoms with Gasteiger partial charge in [0.25, 0.3) is 0 Å². The highest BCUT2D eigenvalue weighted by molar-refractivity contribution is 5.95. The fraction of sp³-hybridized carbons (Fsp3) is 0.467. The van der Waals surface area contributed by atoms with Gasteiger partial charge in [0, 0.05) is 0 Å². The van der Waals surface area contributed by atoms with Gasteiger partial charge in [0.2, 0.25) is 0 Å². The van der Waals surface area contributed by atoms with Crippen molar-refractivity contribution in [1.82, 2.24) is 0 Å². The first-order valence-corrected chi connectivity index (χ1v) is 6.42. The third-order valence-electron chi connectivity index (χ3n) is 2.54. The summed E-state index contributed by atoms with van der Waals surface area (Å²) in [6.45, 7) is 7.24. The molecule has 0 aliphatic carbocycles. The first-order valence-electron chi connectivity index (χ1n) is 6.42. The normalized spacial score (nSPS) is 11.3. The maximum absolute atomic E-state index is 11.7. The Kier molecular flexibility index (Phi) is 5.27. The second-order valence-corrected chi connectivity index (χ2v) is 5.48. The molecule has 1 aromatic rings. The van der Waals surface area contributed by atoms with Crippen LogP contribution in [-0.2, 0) is 15.1 Å². The minimum Gasteiger partial charge on any atom is -0.434 e. The fourth-order valence-corrected chi connectivity index (χ4v) is 1.41. The van der Waals surface area contributed by atoms with E-state index in [1.54, 1.807) is 26.0 Å². The molecule has 0 radical (unpaired) electrons. The molecule has 0 aliphatic heterocycles. The summed E-state index contributed by atoms with van der Waals surface area (Å²) >= 11 is 0. The van der Waals surface area contributed by atoms with Gasteiger partial charge in [0.15, 0.2) is 0 Å². The highest BCUT2D eigenvalue weighted by atomic mass is 16.7. The first-order chi connectivity index (χ1) is 9.20. The van der Waals surface area contributed by atoms with E-state index in [9.17, 15) is 14.7 Å². The van der Waals surface area contributed by atoms with Crippen LogP contribution in [0, 0.1) is 5.92 Å². The molecule has 0 aliphatic rings. The smallest absolute Gasteiger partial charge is 0.434 e. The van der Waals surface area contributed by atoms with Gasteiger partial charge in [-0.1, -0.05) is 26.0 Å². The lowest BCUT2D eigenvalue weighted by Crippen LogP contribution is -2.17. The number of carbonyl (C=O) groups excluding carboxylic acids is 2. The van der Waals surface area contributed by atoms with Crippen LogP contribution in [0.2, 0.25) is 0 Å². The van der Waals surface area contributed by atoms with Crippen LogP contribution in [0.15, 0.2) is 24.3 Å². The number of ether oxygens (including phenoxy) is 2. The SMILES string of the molecule is CC(C)COC(=O)OC(=O)c1ccc(C(C)(C)O)cc1. The lowest BCUT2D eigenvalue weighted by atomic mass is 9.97. The number of benzene rings is 1. The van der Waals surface area contributed by atoms with Crippen LogP contribution < -0.4 is 0 Å². The molecule has 0 fully saturated rings. The Morgan fingerprint density at radius 2 is 1.75 bits per heavy atom. The highest BCUT2D eigenvalue weighted by Crippen LogP contribution is 2.19. The summed E-state index contributed by atoms with van der Waals surface area (Å²) in [5.41, 5.74) is -0.102. The molecule has 0 saturated heterocycles. The third kappa shape index (κ3) is 5.01. The molecule has 0 saturated carbocycles. The number of rotatable bonds is 4. The molecule has 0 amide bonds. The zero-order chi connectivity index (χ0) is 15.3. The van der Waals surface area contributed by atoms with Gasteiger partial charge in [-0.15, -0.1) is 0 Å². The molecule has 1 N–H and O–H groups in total. The molecular weight excluding hydrogens is 260 g/mol. The van der Waals surface area contributed by atoms with E-state index in [2.05, 4.69) is 4.74 Å². The predicted molar refractivity (Wildman–Crippen MR) is 73.3 cm³/mol. The topological polar surface area (TPSA) is 72.8 Å². The Labute approximate surface area is 118 Å². The number of carbonyl (C=O) groups is 2. The van der Waals surface area contributed by atoms with Crippen LogP contribution in [-0.4, -0.2) is 23.8 Å². The van der Waals surface area contributed by atoms with Crippen molar-refractivity contribution in [3.05, 3.63) is 35.4 Å². The first kappa shape index (κ1) is 16.2. The Bertz CT molecular complexity index is 468. The lowest BCUT2D eigenvalue weighted by molar-refractivity contribution is 0.0350. The summed E-state index contributed by atoms with van der Waals surface area (Å²) in [5.74, 6) is -0.607. The molecule has 1 rings (SSSR count). The van der Waals surface area contributed by atoms with Crippen molar-refractivity contribution in [2.75, 3.05) is 6.61 Å². The lowest BCUT2D eigenvalue weighted by Gasteiger charge is -2.17. The Balaban J connectivity index is 2.62. The quantitative estimate of drug-likeness (QED) is 0.678. The maximum Gasteiger partial charge on any atom is 0.516 e. The second-order valence-electron chi connectivity index (χ2n) is 5.48. The number of aliphatic hydroxyl groups is 1. The summed E-state index contributed by atoms with van der Waals surface area (Å²) in [5, 5.41) is 9.80. The van der Waals surface area contributed by atoms with E-state index in [-0.39, 0.29) is 18.1 Å². The van der Waals surface area contributed by atoms with E-state index in [4.69, 9.17) is 4.74 Å². The van der Waals surface area contributed by atoms with Gasteiger partial charge in [0.05, 0.1) is 17.8 Å². The Morgan fingerprint density at radius 1 is 1.20 bits per heavy atom. The van der Waals surface area contributed by atoms with Crippen LogP contribution in [0.5, 0.6) is 0 Å². The van der Waals surface area contributed by atoms with E-state index >= 15 is 0 Å². The zero-order valence-corrected chi connectivity index (χ0v) is 12.2. The van der Waals surface area contributed by atoms with Crippen molar-refractivity contribution in [3.8, 4) is 0 Å². The monoisotopic (exact) mass is 280 g/mol. The second kappa shape index (κ2) is 6.52. The predicted octanol–water partition coefficient (Wildman–Crippen LogP) is 2.86. The van der Waals surface area contributed by atoms with Gasteiger partial charge < -0.3 is 14.6 Å². The van der Waals surface area contributed by atoms with Crippen molar-refractivity contribution in [2.45, 2.75) is 33.3 Å². The molecule has 0 spiro atoms. The standard InChI is InChI=1S/C15H20O5/c1-10(2)9-19-14(17)20-13(16)11-5-7-12(8-6-11)15(3,4)18/h5-8,10,18H,9H2,1-4H3. The van der Waals surface area contributed by atoms with Crippen LogP contribution >= 0.6 is 0 Å². The summed E-state index contributed by atoms with van der Waals surface area (Å²) in [6.07, 6.45) is -1.00. The van der Waals surface area contributed by atoms with Crippen LogP contribution in [0.4, 0.5) is 4.79 Å². The van der Waals surface area contributed by atoms with Crippen molar-refractivity contribution < 1.29 is 24.2 Å². The van der Waals surface area contributed by atoms with E-state index in [1.165, 1.54) is 12.1 Å². The molecule has 0 unspecified atom stereocenters. The summed E-state index contributed by atoms with van der Waals surface area (Å²) < 4.78 is 9.30. The minimum atomic E-state index is -1.00. The van der Waals surface area contributed by atoms with Crippen molar-refractivity contribution >= 4 is 12.1 Å². The molecule has 0 bridgehead atoms. The van der Waals surface area contributed by atoms with Crippen molar-refractivity contribution in [1.29, 1.82) is 0 Å². The molecular formula is C15H20O5. The molecule has 0 aromatic heterocycles. The van der Waals surface area contributed by atoms with Gasteiger partial charge >= 0.3 is 12.1 Å². The average Bonchev–Trinajstić information content (AvgIpc) is 2.35. The van der Waals surface area contributed by atoms with E-state index in [1.807, 2.05) is 13.8 Å². The van der Waals surface area contributed by atoms with E-state index in [0.717, 1.165) is 0 Å². The molecule has 0 heterocycles. The minimum absolute atomic E-state index is 0.170. The molecule has 1 aromatic carbocycles. The van der Waals surface area contributed by atoms with Gasteiger partial charge in [0.1, 0.15) is 0 Å². The summed E-state index contributed by atoms with van der Waals surface area (Å²) in [6, 6.07) is 6.20. The molecule has 5 nitrogen and oxygen atoms in total. The van der Waals surface area contributed by atoms with E-state index < -0.39 is 17.7 Å². The number of hydrogen-bond acceptors (Lipinski definition) is 5. The van der Waals surface area contributed by atoms with Gasteiger partial charge in [-0.3, -0.25) is 0 Å². The largest absolute Gasteiger partial charge is 0.516 e. The van der Waals surface area contributed by atoms with Crippen molar-refractivity contribution in [3.63, 3.8) is 0 Å². The van der Waals surface area contributed by atoms with Crippen LogP contribution in [0.3, 0.4) is 0 Å². The Morgan fingerprint density at radius 3 is 2.20 bits per heavy atom. The number of esters is 1. The van der Waals surface area contributed by atoms with Crippen LogP contribution in [0.1, 0.15) is 43.6 Å². The molecule has 5 heteroatoms. The molecule has 0 atom stereocenters. The fourth-order valence-electron chi connectivity index (χ4n) is 1.41. The summed E-state index contributed by atoms with van der Waals surface area (Å²) in [7, 11) is 0. The Hall–Kier alpha value is -1.88. The highest BCUT2D eigenvalue weighted by Gasteiger charge is 2.18. The van der Waals surface area contributed by atoms with Crippen LogP contribution in [0.25, 0.3) is 0 Å². The maximum atomic E-state index is 11.7. The zero-order valence-electron chi connectivity index (χ0n) is 12.2. The third-order valence-corrected chi connectivity index (χ3v) is 2.54. The average molecular weight is 280 g/mol. The molecule has 20 heavy (non-hydrogen) atoms. The van der Waals surface area contributed by atoms with E-state index in [0.29, 0.717) is 5.56 Å².